The lowest BCUT2D eigenvalue weighted by atomic mass is 10.1. The van der Waals surface area contributed by atoms with Crippen LogP contribution in [0, 0.1) is 0 Å². The minimum Gasteiger partial charge on any atom is -0.478 e. The number of carbonyl (C=O) groups excluding carboxylic acids is 1. The van der Waals surface area contributed by atoms with Crippen LogP contribution in [0.2, 0.25) is 0 Å². The van der Waals surface area contributed by atoms with Crippen molar-refractivity contribution in [3.63, 3.8) is 0 Å². The van der Waals surface area contributed by atoms with Crippen LogP contribution >= 0.6 is 0 Å². The molecule has 0 saturated heterocycles. The number of anilines is 1. The Bertz CT molecular complexity index is 651. The largest absolute Gasteiger partial charge is 0.478 e. The average Bonchev–Trinajstić information content (AvgIpc) is 2.48. The lowest BCUT2D eigenvalue weighted by Gasteiger charge is -2.07. The van der Waals surface area contributed by atoms with Crippen LogP contribution < -0.4 is 10.6 Å². The Labute approximate surface area is 122 Å². The molecule has 0 unspecified atom stereocenters. The van der Waals surface area contributed by atoms with Gasteiger partial charge in [-0.3, -0.25) is 4.79 Å². The zero-order valence-electron chi connectivity index (χ0n) is 11.6. The van der Waals surface area contributed by atoms with E-state index in [9.17, 15) is 9.59 Å². The number of benzene rings is 2. The number of nitrogens with one attached hydrogen (secondary N) is 2. The first-order valence-electron chi connectivity index (χ1n) is 6.48. The van der Waals surface area contributed by atoms with E-state index in [1.54, 1.807) is 0 Å². The second kappa shape index (κ2) is 6.67. The fourth-order valence-corrected chi connectivity index (χ4v) is 1.93. The highest BCUT2D eigenvalue weighted by atomic mass is 16.4. The predicted octanol–water partition coefficient (Wildman–Crippen LogP) is 2.36. The van der Waals surface area contributed by atoms with Crippen molar-refractivity contribution in [2.24, 2.45) is 0 Å². The Kier molecular flexibility index (Phi) is 4.68. The summed E-state index contributed by atoms with van der Waals surface area (Å²) in [6, 6.07) is 13.3. The number of carboxylic acid groups (broad SMARTS) is 1. The van der Waals surface area contributed by atoms with Gasteiger partial charge >= 0.3 is 5.97 Å². The van der Waals surface area contributed by atoms with Crippen LogP contribution in [0.4, 0.5) is 5.69 Å². The van der Waals surface area contributed by atoms with Gasteiger partial charge in [0.15, 0.2) is 0 Å². The van der Waals surface area contributed by atoms with Crippen molar-refractivity contribution in [2.75, 3.05) is 12.4 Å². The van der Waals surface area contributed by atoms with Crippen molar-refractivity contribution in [3.05, 3.63) is 65.2 Å². The fourth-order valence-electron chi connectivity index (χ4n) is 1.93. The molecule has 1 amide bonds. The highest BCUT2D eigenvalue weighted by molar-refractivity contribution is 6.04. The Balaban J connectivity index is 2.10. The second-order valence-corrected chi connectivity index (χ2v) is 4.57. The molecule has 0 spiro atoms. The van der Waals surface area contributed by atoms with Crippen molar-refractivity contribution in [1.29, 1.82) is 0 Å². The summed E-state index contributed by atoms with van der Waals surface area (Å²) in [5.74, 6) is -1.28. The Morgan fingerprint density at radius 2 is 1.71 bits per heavy atom. The van der Waals surface area contributed by atoms with E-state index in [4.69, 9.17) is 5.11 Å². The third-order valence-corrected chi connectivity index (χ3v) is 2.96. The van der Waals surface area contributed by atoms with Crippen molar-refractivity contribution in [1.82, 2.24) is 5.32 Å². The standard InChI is InChI=1S/C16H16N2O3/c1-17-10-11-3-2-4-14(9-11)18-15(19)12-5-7-13(8-6-12)16(20)21/h2-9,17H,10H2,1H3,(H,18,19)(H,20,21). The molecule has 0 radical (unpaired) electrons. The van der Waals surface area contributed by atoms with Gasteiger partial charge < -0.3 is 15.7 Å². The van der Waals surface area contributed by atoms with E-state index < -0.39 is 5.97 Å². The summed E-state index contributed by atoms with van der Waals surface area (Å²) in [5, 5.41) is 14.7. The molecule has 108 valence electrons. The van der Waals surface area contributed by atoms with Gasteiger partial charge in [-0.1, -0.05) is 12.1 Å². The van der Waals surface area contributed by atoms with Crippen LogP contribution in [-0.4, -0.2) is 24.0 Å². The maximum absolute atomic E-state index is 12.1. The molecule has 0 bridgehead atoms. The van der Waals surface area contributed by atoms with E-state index in [2.05, 4.69) is 10.6 Å². The highest BCUT2D eigenvalue weighted by Crippen LogP contribution is 2.13. The molecule has 0 aliphatic heterocycles. The number of amides is 1. The zero-order chi connectivity index (χ0) is 15.2. The van der Waals surface area contributed by atoms with Gasteiger partial charge in [-0.2, -0.15) is 0 Å². The molecule has 0 aliphatic carbocycles. The summed E-state index contributed by atoms with van der Waals surface area (Å²) in [6.07, 6.45) is 0. The quantitative estimate of drug-likeness (QED) is 0.787. The van der Waals surface area contributed by atoms with Gasteiger partial charge in [-0.15, -0.1) is 0 Å². The van der Waals surface area contributed by atoms with Crippen LogP contribution in [0.15, 0.2) is 48.5 Å². The van der Waals surface area contributed by atoms with Gasteiger partial charge in [0.25, 0.3) is 5.91 Å². The van der Waals surface area contributed by atoms with Gasteiger partial charge in [-0.25, -0.2) is 4.79 Å². The minimum atomic E-state index is -1.01. The SMILES string of the molecule is CNCc1cccc(NC(=O)c2ccc(C(=O)O)cc2)c1. The third-order valence-electron chi connectivity index (χ3n) is 2.96. The number of hydrogen-bond donors (Lipinski definition) is 3. The number of carboxylic acids is 1. The first kappa shape index (κ1) is 14.7. The lowest BCUT2D eigenvalue weighted by Crippen LogP contribution is -2.13. The molecule has 0 aliphatic rings. The molecule has 0 heterocycles. The number of hydrogen-bond acceptors (Lipinski definition) is 3. The second-order valence-electron chi connectivity index (χ2n) is 4.57. The predicted molar refractivity (Wildman–Crippen MR) is 80.6 cm³/mol. The first-order chi connectivity index (χ1) is 10.1. The lowest BCUT2D eigenvalue weighted by molar-refractivity contribution is 0.0696. The highest BCUT2D eigenvalue weighted by Gasteiger charge is 2.08. The van der Waals surface area contributed by atoms with E-state index in [-0.39, 0.29) is 11.5 Å². The van der Waals surface area contributed by atoms with Crippen molar-refractivity contribution in [2.45, 2.75) is 6.54 Å². The van der Waals surface area contributed by atoms with Crippen LogP contribution in [-0.2, 0) is 6.54 Å². The molecule has 5 heteroatoms. The summed E-state index contributed by atoms with van der Waals surface area (Å²) in [4.78, 5) is 22.9. The molecule has 0 fully saturated rings. The molecule has 3 N–H and O–H groups in total. The van der Waals surface area contributed by atoms with Gasteiger partial charge in [-0.05, 0) is 49.0 Å². The topological polar surface area (TPSA) is 78.4 Å². The van der Waals surface area contributed by atoms with Crippen molar-refractivity contribution >= 4 is 17.6 Å². The van der Waals surface area contributed by atoms with Gasteiger partial charge in [0.1, 0.15) is 0 Å². The van der Waals surface area contributed by atoms with Crippen molar-refractivity contribution in [3.8, 4) is 0 Å². The minimum absolute atomic E-state index is 0.155. The molecule has 2 aromatic carbocycles. The fraction of sp³-hybridized carbons (Fsp3) is 0.125. The van der Waals surface area contributed by atoms with E-state index >= 15 is 0 Å². The summed E-state index contributed by atoms with van der Waals surface area (Å²) in [6.45, 7) is 0.719. The Hall–Kier alpha value is -2.66. The number of carbonyl (C=O) groups is 2. The first-order valence-corrected chi connectivity index (χ1v) is 6.48. The zero-order valence-corrected chi connectivity index (χ0v) is 11.6. The van der Waals surface area contributed by atoms with Gasteiger partial charge in [0, 0.05) is 17.8 Å². The Morgan fingerprint density at radius 3 is 2.33 bits per heavy atom. The van der Waals surface area contributed by atoms with Crippen LogP contribution in [0.3, 0.4) is 0 Å². The summed E-state index contributed by atoms with van der Waals surface area (Å²) in [5.41, 5.74) is 2.34. The molecule has 0 atom stereocenters. The van der Waals surface area contributed by atoms with E-state index in [0.717, 1.165) is 12.1 Å². The maximum Gasteiger partial charge on any atom is 0.335 e. The molecule has 2 aromatic rings. The number of aromatic carboxylic acids is 1. The number of rotatable bonds is 5. The van der Waals surface area contributed by atoms with E-state index in [0.29, 0.717) is 11.3 Å². The van der Waals surface area contributed by atoms with E-state index in [1.165, 1.54) is 24.3 Å². The monoisotopic (exact) mass is 284 g/mol. The normalized spacial score (nSPS) is 10.1. The van der Waals surface area contributed by atoms with Gasteiger partial charge in [0.05, 0.1) is 5.56 Å². The average molecular weight is 284 g/mol. The smallest absolute Gasteiger partial charge is 0.335 e. The summed E-state index contributed by atoms with van der Waals surface area (Å²) in [7, 11) is 1.86. The van der Waals surface area contributed by atoms with Crippen LogP contribution in [0.5, 0.6) is 0 Å². The van der Waals surface area contributed by atoms with E-state index in [1.807, 2.05) is 31.3 Å². The summed E-state index contributed by atoms with van der Waals surface area (Å²) < 4.78 is 0. The molecular formula is C16H16N2O3. The molecule has 0 aromatic heterocycles. The van der Waals surface area contributed by atoms with Gasteiger partial charge in [0.2, 0.25) is 0 Å². The molecule has 0 saturated carbocycles. The molecule has 5 nitrogen and oxygen atoms in total. The van der Waals surface area contributed by atoms with Crippen molar-refractivity contribution < 1.29 is 14.7 Å². The molecule has 2 rings (SSSR count). The third kappa shape index (κ3) is 3.90. The molecular weight excluding hydrogens is 268 g/mol. The summed E-state index contributed by atoms with van der Waals surface area (Å²) >= 11 is 0. The maximum atomic E-state index is 12.1. The Morgan fingerprint density at radius 1 is 1.05 bits per heavy atom. The van der Waals surface area contributed by atoms with Crippen LogP contribution in [0.25, 0.3) is 0 Å². The van der Waals surface area contributed by atoms with Crippen LogP contribution in [0.1, 0.15) is 26.3 Å². The molecule has 21 heavy (non-hydrogen) atoms.